The van der Waals surface area contributed by atoms with Crippen molar-refractivity contribution in [3.05, 3.63) is 65.2 Å². The van der Waals surface area contributed by atoms with Crippen molar-refractivity contribution < 1.29 is 22.6 Å². The molecule has 1 aliphatic rings. The lowest BCUT2D eigenvalue weighted by molar-refractivity contribution is -0.137. The summed E-state index contributed by atoms with van der Waals surface area (Å²) < 4.78 is 48.7. The molecule has 1 saturated heterocycles. The minimum Gasteiger partial charge on any atom is -0.353 e. The van der Waals surface area contributed by atoms with E-state index in [2.05, 4.69) is 15.4 Å². The Bertz CT molecular complexity index is 935. The molecule has 0 atom stereocenters. The van der Waals surface area contributed by atoms with Gasteiger partial charge in [0.25, 0.3) is 0 Å². The maximum absolute atomic E-state index is 12.7. The van der Waals surface area contributed by atoms with Gasteiger partial charge in [0.2, 0.25) is 5.82 Å². The summed E-state index contributed by atoms with van der Waals surface area (Å²) in [5.74, 6) is 0.452. The number of rotatable bonds is 4. The summed E-state index contributed by atoms with van der Waals surface area (Å²) in [6.45, 7) is 1.15. The van der Waals surface area contributed by atoms with E-state index in [1.165, 1.54) is 16.9 Å². The van der Waals surface area contributed by atoms with Crippen molar-refractivity contribution in [2.24, 2.45) is 0 Å². The Morgan fingerprint density at radius 3 is 2.43 bits per heavy atom. The third-order valence-corrected chi connectivity index (χ3v) is 4.48. The molecule has 0 unspecified atom stereocenters. The Balaban J connectivity index is 1.56. The van der Waals surface area contributed by atoms with Crippen LogP contribution in [0.3, 0.4) is 0 Å². The SMILES string of the molecule is FC(F)(F)c1ccc(Cc2ccccc2-c2nnn(C3COCOC3)n2)cc1. The lowest BCUT2D eigenvalue weighted by atomic mass is 9.98. The molecule has 3 aromatic rings. The number of ether oxygens (including phenoxy) is 2. The second-order valence-electron chi connectivity index (χ2n) is 6.48. The predicted molar refractivity (Wildman–Crippen MR) is 93.3 cm³/mol. The fraction of sp³-hybridized carbons (Fsp3) is 0.316. The van der Waals surface area contributed by atoms with Crippen LogP contribution in [0.1, 0.15) is 22.7 Å². The summed E-state index contributed by atoms with van der Waals surface area (Å²) in [6.07, 6.45) is -3.89. The highest BCUT2D eigenvalue weighted by Crippen LogP contribution is 2.30. The number of alkyl halides is 3. The molecule has 1 aromatic heterocycles. The van der Waals surface area contributed by atoms with Crippen molar-refractivity contribution in [2.75, 3.05) is 20.0 Å². The zero-order valence-electron chi connectivity index (χ0n) is 14.8. The Hall–Kier alpha value is -2.78. The van der Waals surface area contributed by atoms with Gasteiger partial charge in [-0.3, -0.25) is 0 Å². The van der Waals surface area contributed by atoms with Crippen molar-refractivity contribution in [1.29, 1.82) is 0 Å². The molecule has 0 radical (unpaired) electrons. The van der Waals surface area contributed by atoms with E-state index in [4.69, 9.17) is 9.47 Å². The van der Waals surface area contributed by atoms with Gasteiger partial charge in [0.15, 0.2) is 0 Å². The smallest absolute Gasteiger partial charge is 0.353 e. The van der Waals surface area contributed by atoms with Gasteiger partial charge >= 0.3 is 6.18 Å². The van der Waals surface area contributed by atoms with Crippen molar-refractivity contribution in [2.45, 2.75) is 18.6 Å². The van der Waals surface area contributed by atoms with Crippen molar-refractivity contribution in [3.8, 4) is 11.4 Å². The largest absolute Gasteiger partial charge is 0.416 e. The highest BCUT2D eigenvalue weighted by atomic mass is 19.4. The van der Waals surface area contributed by atoms with E-state index in [0.29, 0.717) is 25.5 Å². The molecule has 146 valence electrons. The molecule has 2 aromatic carbocycles. The zero-order valence-corrected chi connectivity index (χ0v) is 14.8. The van der Waals surface area contributed by atoms with E-state index < -0.39 is 11.7 Å². The summed E-state index contributed by atoms with van der Waals surface area (Å²) in [7, 11) is 0. The summed E-state index contributed by atoms with van der Waals surface area (Å²) in [5.41, 5.74) is 1.79. The summed E-state index contributed by atoms with van der Waals surface area (Å²) in [6, 6.07) is 12.5. The standard InChI is InChI=1S/C19H17F3N4O2/c20-19(21,22)15-7-5-13(6-8-15)9-14-3-1-2-4-17(14)18-23-25-26(24-18)16-10-27-12-28-11-16/h1-8,16H,9-12H2. The Labute approximate surface area is 158 Å². The molecular formula is C19H17F3N4O2. The highest BCUT2D eigenvalue weighted by Gasteiger charge is 2.30. The molecule has 6 nitrogen and oxygen atoms in total. The number of halogens is 3. The molecule has 1 fully saturated rings. The summed E-state index contributed by atoms with van der Waals surface area (Å²) in [5, 5.41) is 12.7. The molecule has 9 heteroatoms. The second-order valence-corrected chi connectivity index (χ2v) is 6.48. The van der Waals surface area contributed by atoms with E-state index in [1.807, 2.05) is 24.3 Å². The molecule has 0 bridgehead atoms. The fourth-order valence-electron chi connectivity index (χ4n) is 3.02. The number of hydrogen-bond donors (Lipinski definition) is 0. The Morgan fingerprint density at radius 1 is 1.00 bits per heavy atom. The lowest BCUT2D eigenvalue weighted by Crippen LogP contribution is -2.28. The topological polar surface area (TPSA) is 62.1 Å². The van der Waals surface area contributed by atoms with Gasteiger partial charge in [0.1, 0.15) is 12.8 Å². The van der Waals surface area contributed by atoms with Crippen LogP contribution >= 0.6 is 0 Å². The van der Waals surface area contributed by atoms with Gasteiger partial charge in [-0.2, -0.15) is 18.0 Å². The van der Waals surface area contributed by atoms with Crippen LogP contribution in [0.25, 0.3) is 11.4 Å². The van der Waals surface area contributed by atoms with Gasteiger partial charge in [-0.05, 0) is 34.9 Å². The molecule has 4 rings (SSSR count). The second kappa shape index (κ2) is 7.69. The van der Waals surface area contributed by atoms with Crippen LogP contribution in [0.15, 0.2) is 48.5 Å². The van der Waals surface area contributed by atoms with Gasteiger partial charge in [0.05, 0.1) is 18.8 Å². The van der Waals surface area contributed by atoms with Crippen molar-refractivity contribution in [3.63, 3.8) is 0 Å². The molecule has 0 spiro atoms. The monoisotopic (exact) mass is 390 g/mol. The van der Waals surface area contributed by atoms with Crippen molar-refractivity contribution >= 4 is 0 Å². The molecule has 2 heterocycles. The number of benzene rings is 2. The van der Waals surface area contributed by atoms with E-state index >= 15 is 0 Å². The Morgan fingerprint density at radius 2 is 1.71 bits per heavy atom. The number of hydrogen-bond acceptors (Lipinski definition) is 5. The Kier molecular flexibility index (Phi) is 5.10. The van der Waals surface area contributed by atoms with Gasteiger partial charge in [0, 0.05) is 5.56 Å². The lowest BCUT2D eigenvalue weighted by Gasteiger charge is -2.20. The van der Waals surface area contributed by atoms with Crippen LogP contribution in [0.5, 0.6) is 0 Å². The predicted octanol–water partition coefficient (Wildman–Crippen LogP) is 3.50. The third kappa shape index (κ3) is 4.05. The average Bonchev–Trinajstić information content (AvgIpc) is 3.19. The quantitative estimate of drug-likeness (QED) is 0.682. The van der Waals surface area contributed by atoms with Crippen LogP contribution in [-0.2, 0) is 22.1 Å². The van der Waals surface area contributed by atoms with Crippen LogP contribution < -0.4 is 0 Å². The minimum atomic E-state index is -4.34. The van der Waals surface area contributed by atoms with Crippen molar-refractivity contribution in [1.82, 2.24) is 20.2 Å². The first-order valence-electron chi connectivity index (χ1n) is 8.70. The van der Waals surface area contributed by atoms with Gasteiger partial charge in [-0.1, -0.05) is 36.4 Å². The summed E-state index contributed by atoms with van der Waals surface area (Å²) in [4.78, 5) is 1.48. The highest BCUT2D eigenvalue weighted by molar-refractivity contribution is 5.60. The van der Waals surface area contributed by atoms with Gasteiger partial charge in [-0.15, -0.1) is 10.2 Å². The first-order chi connectivity index (χ1) is 13.5. The molecule has 28 heavy (non-hydrogen) atoms. The molecule has 0 N–H and O–H groups in total. The maximum Gasteiger partial charge on any atom is 0.416 e. The fourth-order valence-corrected chi connectivity index (χ4v) is 3.02. The minimum absolute atomic E-state index is 0.142. The molecular weight excluding hydrogens is 373 g/mol. The molecule has 0 amide bonds. The van der Waals surface area contributed by atoms with Crippen LogP contribution in [0.2, 0.25) is 0 Å². The molecule has 0 saturated carbocycles. The summed E-state index contributed by atoms with van der Waals surface area (Å²) >= 11 is 0. The van der Waals surface area contributed by atoms with Gasteiger partial charge < -0.3 is 9.47 Å². The number of nitrogens with zero attached hydrogens (tertiary/aromatic N) is 4. The molecule has 0 aliphatic carbocycles. The first kappa shape index (κ1) is 18.6. The maximum atomic E-state index is 12.7. The molecule has 1 aliphatic heterocycles. The first-order valence-corrected chi connectivity index (χ1v) is 8.70. The van der Waals surface area contributed by atoms with Crippen LogP contribution in [0.4, 0.5) is 13.2 Å². The normalized spacial score (nSPS) is 15.7. The van der Waals surface area contributed by atoms with E-state index in [1.54, 1.807) is 0 Å². The zero-order chi connectivity index (χ0) is 19.6. The van der Waals surface area contributed by atoms with Crippen LogP contribution in [-0.4, -0.2) is 40.2 Å². The third-order valence-electron chi connectivity index (χ3n) is 4.48. The van der Waals surface area contributed by atoms with Gasteiger partial charge in [-0.25, -0.2) is 0 Å². The number of tetrazole rings is 1. The average molecular weight is 390 g/mol. The van der Waals surface area contributed by atoms with E-state index in [-0.39, 0.29) is 12.8 Å². The van der Waals surface area contributed by atoms with E-state index in [9.17, 15) is 13.2 Å². The van der Waals surface area contributed by atoms with Crippen LogP contribution in [0, 0.1) is 0 Å². The number of aromatic nitrogens is 4. The van der Waals surface area contributed by atoms with E-state index in [0.717, 1.165) is 28.8 Å².